The Balaban J connectivity index is 1.90. The number of hydrogen-bond acceptors (Lipinski definition) is 4. The number of hydrogen-bond donors (Lipinski definition) is 1. The summed E-state index contributed by atoms with van der Waals surface area (Å²) in [5.41, 5.74) is 6.35. The zero-order valence-electron chi connectivity index (χ0n) is 9.32. The van der Waals surface area contributed by atoms with Crippen LogP contribution in [-0.4, -0.2) is 28.9 Å². The van der Waals surface area contributed by atoms with E-state index in [9.17, 15) is 4.79 Å². The van der Waals surface area contributed by atoms with Gasteiger partial charge in [-0.3, -0.25) is 4.79 Å². The Morgan fingerprint density at radius 3 is 2.81 bits per heavy atom. The van der Waals surface area contributed by atoms with Crippen LogP contribution in [0.1, 0.15) is 30.0 Å². The third kappa shape index (κ3) is 2.80. The van der Waals surface area contributed by atoms with E-state index in [-0.39, 0.29) is 5.91 Å². The minimum atomic E-state index is 0.202. The molecule has 2 N–H and O–H groups in total. The fourth-order valence-corrected chi connectivity index (χ4v) is 2.61. The summed E-state index contributed by atoms with van der Waals surface area (Å²) >= 11 is 1.53. The van der Waals surface area contributed by atoms with Crippen LogP contribution in [0.5, 0.6) is 0 Å². The van der Waals surface area contributed by atoms with E-state index in [4.69, 9.17) is 5.73 Å². The maximum Gasteiger partial charge on any atom is 0.228 e. The van der Waals surface area contributed by atoms with Gasteiger partial charge in [0.15, 0.2) is 0 Å². The second-order valence-corrected chi connectivity index (χ2v) is 5.00. The van der Waals surface area contributed by atoms with Gasteiger partial charge in [-0.25, -0.2) is 4.98 Å². The number of carbonyl (C=O) groups excluding carboxylic acids is 1. The van der Waals surface area contributed by atoms with Crippen molar-refractivity contribution in [3.05, 3.63) is 16.1 Å². The molecule has 1 aromatic heterocycles. The number of aromatic nitrogens is 1. The molecule has 0 saturated carbocycles. The average Bonchev–Trinajstić information content (AvgIpc) is 2.78. The fourth-order valence-electron chi connectivity index (χ4n) is 1.93. The molecule has 0 aromatic carbocycles. The standard InChI is InChI=1S/C11H17N3OS/c12-7-10-13-9(8-16-10)6-11(15)14-4-2-1-3-5-14/h8H,1-7,12H2. The molecule has 1 aromatic rings. The SMILES string of the molecule is NCc1nc(CC(=O)N2CCCCC2)cs1. The van der Waals surface area contributed by atoms with Crippen molar-refractivity contribution in [1.82, 2.24) is 9.88 Å². The minimum absolute atomic E-state index is 0.202. The molecule has 1 aliphatic rings. The van der Waals surface area contributed by atoms with Gasteiger partial charge in [0, 0.05) is 25.0 Å². The predicted octanol–water partition coefficient (Wildman–Crippen LogP) is 1.16. The first-order valence-electron chi connectivity index (χ1n) is 5.70. The van der Waals surface area contributed by atoms with E-state index in [0.29, 0.717) is 13.0 Å². The van der Waals surface area contributed by atoms with E-state index in [1.54, 1.807) is 0 Å². The number of carbonyl (C=O) groups is 1. The van der Waals surface area contributed by atoms with E-state index in [2.05, 4.69) is 4.98 Å². The molecule has 5 heteroatoms. The molecule has 0 spiro atoms. The second-order valence-electron chi connectivity index (χ2n) is 4.05. The lowest BCUT2D eigenvalue weighted by molar-refractivity contribution is -0.131. The van der Waals surface area contributed by atoms with E-state index in [0.717, 1.165) is 36.6 Å². The van der Waals surface area contributed by atoms with Crippen LogP contribution in [0.2, 0.25) is 0 Å². The van der Waals surface area contributed by atoms with Gasteiger partial charge in [-0.1, -0.05) is 0 Å². The number of amides is 1. The summed E-state index contributed by atoms with van der Waals surface area (Å²) in [5, 5.41) is 2.84. The highest BCUT2D eigenvalue weighted by molar-refractivity contribution is 7.09. The number of nitrogens with two attached hydrogens (primary N) is 1. The van der Waals surface area contributed by atoms with Crippen LogP contribution in [0.4, 0.5) is 0 Å². The maximum absolute atomic E-state index is 11.9. The molecule has 16 heavy (non-hydrogen) atoms. The van der Waals surface area contributed by atoms with Crippen molar-refractivity contribution < 1.29 is 4.79 Å². The van der Waals surface area contributed by atoms with Crippen LogP contribution in [0.15, 0.2) is 5.38 Å². The summed E-state index contributed by atoms with van der Waals surface area (Å²) in [6.45, 7) is 2.28. The molecule has 0 radical (unpaired) electrons. The number of nitrogens with zero attached hydrogens (tertiary/aromatic N) is 2. The van der Waals surface area contributed by atoms with Crippen molar-refractivity contribution in [2.75, 3.05) is 13.1 Å². The maximum atomic E-state index is 11.9. The summed E-state index contributed by atoms with van der Waals surface area (Å²) in [5.74, 6) is 0.202. The molecule has 1 amide bonds. The summed E-state index contributed by atoms with van der Waals surface area (Å²) in [4.78, 5) is 18.2. The second kappa shape index (κ2) is 5.41. The Labute approximate surface area is 99.5 Å². The Morgan fingerprint density at radius 1 is 1.44 bits per heavy atom. The summed E-state index contributed by atoms with van der Waals surface area (Å²) in [6, 6.07) is 0. The summed E-state index contributed by atoms with van der Waals surface area (Å²) in [6.07, 6.45) is 3.95. The normalized spacial score (nSPS) is 16.4. The zero-order chi connectivity index (χ0) is 11.4. The van der Waals surface area contributed by atoms with Crippen molar-refractivity contribution >= 4 is 17.2 Å². The average molecular weight is 239 g/mol. The van der Waals surface area contributed by atoms with E-state index in [1.165, 1.54) is 17.8 Å². The molecule has 0 atom stereocenters. The van der Waals surface area contributed by atoms with Crippen molar-refractivity contribution in [3.8, 4) is 0 Å². The lowest BCUT2D eigenvalue weighted by Crippen LogP contribution is -2.36. The smallest absolute Gasteiger partial charge is 0.228 e. The van der Waals surface area contributed by atoms with Gasteiger partial charge in [-0.2, -0.15) is 0 Å². The van der Waals surface area contributed by atoms with Gasteiger partial charge in [0.2, 0.25) is 5.91 Å². The molecule has 2 heterocycles. The number of thiazole rings is 1. The Morgan fingerprint density at radius 2 is 2.19 bits per heavy atom. The lowest BCUT2D eigenvalue weighted by Gasteiger charge is -2.26. The van der Waals surface area contributed by atoms with Gasteiger partial charge in [0.1, 0.15) is 5.01 Å². The van der Waals surface area contributed by atoms with Crippen LogP contribution >= 0.6 is 11.3 Å². The largest absolute Gasteiger partial charge is 0.342 e. The Hall–Kier alpha value is -0.940. The topological polar surface area (TPSA) is 59.2 Å². The Kier molecular flexibility index (Phi) is 3.90. The quantitative estimate of drug-likeness (QED) is 0.861. The molecule has 0 unspecified atom stereocenters. The van der Waals surface area contributed by atoms with Gasteiger partial charge in [0.05, 0.1) is 12.1 Å². The molecule has 88 valence electrons. The van der Waals surface area contributed by atoms with Crippen LogP contribution in [0.3, 0.4) is 0 Å². The first-order valence-corrected chi connectivity index (χ1v) is 6.58. The van der Waals surface area contributed by atoms with Crippen LogP contribution in [-0.2, 0) is 17.8 Å². The highest BCUT2D eigenvalue weighted by Gasteiger charge is 2.17. The number of piperidine rings is 1. The van der Waals surface area contributed by atoms with Crippen molar-refractivity contribution in [1.29, 1.82) is 0 Å². The Bertz CT molecular complexity index is 358. The first-order chi connectivity index (χ1) is 7.79. The molecule has 2 rings (SSSR count). The highest BCUT2D eigenvalue weighted by Crippen LogP contribution is 2.13. The van der Waals surface area contributed by atoms with Crippen molar-refractivity contribution in [2.24, 2.45) is 5.73 Å². The fraction of sp³-hybridized carbons (Fsp3) is 0.636. The molecule has 1 fully saturated rings. The number of likely N-dealkylation sites (tertiary alicyclic amines) is 1. The van der Waals surface area contributed by atoms with Crippen LogP contribution in [0, 0.1) is 0 Å². The highest BCUT2D eigenvalue weighted by atomic mass is 32.1. The molecule has 4 nitrogen and oxygen atoms in total. The monoisotopic (exact) mass is 239 g/mol. The molecule has 1 aliphatic heterocycles. The van der Waals surface area contributed by atoms with Gasteiger partial charge in [0.25, 0.3) is 0 Å². The zero-order valence-corrected chi connectivity index (χ0v) is 10.1. The van der Waals surface area contributed by atoms with Crippen molar-refractivity contribution in [2.45, 2.75) is 32.2 Å². The molecular weight excluding hydrogens is 222 g/mol. The molecule has 1 saturated heterocycles. The predicted molar refractivity (Wildman–Crippen MR) is 64.1 cm³/mol. The molecular formula is C11H17N3OS. The van der Waals surface area contributed by atoms with Gasteiger partial charge < -0.3 is 10.6 Å². The van der Waals surface area contributed by atoms with E-state index >= 15 is 0 Å². The van der Waals surface area contributed by atoms with Crippen LogP contribution < -0.4 is 5.73 Å². The number of rotatable bonds is 3. The third-order valence-electron chi connectivity index (χ3n) is 2.82. The van der Waals surface area contributed by atoms with E-state index < -0.39 is 0 Å². The van der Waals surface area contributed by atoms with Crippen LogP contribution in [0.25, 0.3) is 0 Å². The third-order valence-corrected chi connectivity index (χ3v) is 3.73. The molecule has 0 aliphatic carbocycles. The lowest BCUT2D eigenvalue weighted by atomic mass is 10.1. The molecule has 0 bridgehead atoms. The summed E-state index contributed by atoms with van der Waals surface area (Å²) in [7, 11) is 0. The van der Waals surface area contributed by atoms with Gasteiger partial charge in [-0.15, -0.1) is 11.3 Å². The van der Waals surface area contributed by atoms with Gasteiger partial charge >= 0.3 is 0 Å². The van der Waals surface area contributed by atoms with E-state index in [1.807, 2.05) is 10.3 Å². The first kappa shape index (κ1) is 11.5. The van der Waals surface area contributed by atoms with Crippen molar-refractivity contribution in [3.63, 3.8) is 0 Å². The minimum Gasteiger partial charge on any atom is -0.342 e. The summed E-state index contributed by atoms with van der Waals surface area (Å²) < 4.78 is 0. The van der Waals surface area contributed by atoms with Gasteiger partial charge in [-0.05, 0) is 19.3 Å².